The Hall–Kier alpha value is -2.07. The number of morpholine rings is 1. The Morgan fingerprint density at radius 2 is 1.83 bits per heavy atom. The predicted octanol–water partition coefficient (Wildman–Crippen LogP) is 0.473. The lowest BCUT2D eigenvalue weighted by molar-refractivity contribution is 0.0532. The smallest absolute Gasteiger partial charge is 0.317 e. The molecule has 0 bridgehead atoms. The summed E-state index contributed by atoms with van der Waals surface area (Å²) < 4.78 is 21.6. The fourth-order valence-electron chi connectivity index (χ4n) is 2.65. The number of amides is 2. The van der Waals surface area contributed by atoms with Crippen LogP contribution in [0.5, 0.6) is 11.5 Å². The number of rotatable bonds is 13. The molecule has 1 aliphatic rings. The average molecular weight is 411 g/mol. The zero-order valence-electron chi connectivity index (χ0n) is 17.1. The molecule has 1 aromatic carbocycles. The fraction of sp³-hybridized carbons (Fsp3) is 0.650. The molecule has 0 spiro atoms. The van der Waals surface area contributed by atoms with E-state index >= 15 is 0 Å². The molecule has 0 aliphatic carbocycles. The molecule has 1 atom stereocenters. The summed E-state index contributed by atoms with van der Waals surface area (Å²) in [4.78, 5) is 13.7. The molecule has 1 fully saturated rings. The molecule has 0 saturated carbocycles. The Morgan fingerprint density at radius 1 is 1.14 bits per heavy atom. The summed E-state index contributed by atoms with van der Waals surface area (Å²) in [7, 11) is 0. The highest BCUT2D eigenvalue weighted by molar-refractivity contribution is 5.74. The van der Waals surface area contributed by atoms with E-state index in [1.807, 2.05) is 19.1 Å². The highest BCUT2D eigenvalue weighted by Crippen LogP contribution is 2.17. The second-order valence-corrected chi connectivity index (χ2v) is 6.52. The van der Waals surface area contributed by atoms with Gasteiger partial charge in [0.05, 0.1) is 19.8 Å². The maximum atomic E-state index is 11.9. The molecule has 1 aliphatic heterocycles. The van der Waals surface area contributed by atoms with Crippen LogP contribution in [0, 0.1) is 0 Å². The largest absolute Gasteiger partial charge is 0.491 e. The molecule has 2 amide bonds. The summed E-state index contributed by atoms with van der Waals surface area (Å²) in [6.45, 7) is 7.72. The zero-order chi connectivity index (χ0) is 20.7. The van der Waals surface area contributed by atoms with Gasteiger partial charge in [-0.2, -0.15) is 0 Å². The highest BCUT2D eigenvalue weighted by Gasteiger charge is 2.15. The zero-order valence-corrected chi connectivity index (χ0v) is 17.1. The number of urea groups is 1. The Kier molecular flexibility index (Phi) is 11.2. The van der Waals surface area contributed by atoms with Gasteiger partial charge in [0.15, 0.2) is 0 Å². The summed E-state index contributed by atoms with van der Waals surface area (Å²) in [6, 6.07) is 7.17. The summed E-state index contributed by atoms with van der Waals surface area (Å²) in [6.07, 6.45) is -0.646. The van der Waals surface area contributed by atoms with Crippen LogP contribution < -0.4 is 20.1 Å². The number of carbonyl (C=O) groups is 1. The van der Waals surface area contributed by atoms with Crippen molar-refractivity contribution in [1.29, 1.82) is 0 Å². The number of hydrogen-bond acceptors (Lipinski definition) is 7. The van der Waals surface area contributed by atoms with Crippen molar-refractivity contribution in [2.45, 2.75) is 13.0 Å². The molecule has 164 valence electrons. The van der Waals surface area contributed by atoms with Crippen LogP contribution in [0.1, 0.15) is 6.92 Å². The van der Waals surface area contributed by atoms with Gasteiger partial charge in [-0.3, -0.25) is 0 Å². The molecule has 29 heavy (non-hydrogen) atoms. The second kappa shape index (κ2) is 14.0. The van der Waals surface area contributed by atoms with Gasteiger partial charge in [0.1, 0.15) is 30.8 Å². The Bertz CT molecular complexity index is 566. The van der Waals surface area contributed by atoms with Crippen molar-refractivity contribution >= 4 is 6.03 Å². The van der Waals surface area contributed by atoms with Crippen molar-refractivity contribution in [3.8, 4) is 11.5 Å². The van der Waals surface area contributed by atoms with Crippen LogP contribution in [0.25, 0.3) is 0 Å². The first kappa shape index (κ1) is 23.2. The molecule has 1 aromatic rings. The minimum atomic E-state index is -0.646. The van der Waals surface area contributed by atoms with Gasteiger partial charge in [-0.25, -0.2) is 4.79 Å². The van der Waals surface area contributed by atoms with Gasteiger partial charge in [0, 0.05) is 39.3 Å². The SMILES string of the molecule is CCOCCOc1ccc(OCC(O)CNCCNC(=O)N2CCOCC2)cc1. The second-order valence-electron chi connectivity index (χ2n) is 6.52. The van der Waals surface area contributed by atoms with Gasteiger partial charge < -0.3 is 39.6 Å². The third-order valence-electron chi connectivity index (χ3n) is 4.22. The quantitative estimate of drug-likeness (QED) is 0.406. The first-order chi connectivity index (χ1) is 14.2. The van der Waals surface area contributed by atoms with Crippen molar-refractivity contribution in [3.63, 3.8) is 0 Å². The van der Waals surface area contributed by atoms with Crippen molar-refractivity contribution in [2.75, 3.05) is 72.4 Å². The van der Waals surface area contributed by atoms with Crippen molar-refractivity contribution in [2.24, 2.45) is 0 Å². The number of nitrogens with zero attached hydrogens (tertiary/aromatic N) is 1. The van der Waals surface area contributed by atoms with Crippen molar-refractivity contribution < 1.29 is 28.8 Å². The van der Waals surface area contributed by atoms with E-state index in [0.717, 1.165) is 5.75 Å². The monoisotopic (exact) mass is 411 g/mol. The maximum absolute atomic E-state index is 11.9. The van der Waals surface area contributed by atoms with Gasteiger partial charge in [-0.1, -0.05) is 0 Å². The number of benzene rings is 1. The van der Waals surface area contributed by atoms with E-state index in [-0.39, 0.29) is 12.6 Å². The molecule has 3 N–H and O–H groups in total. The highest BCUT2D eigenvalue weighted by atomic mass is 16.5. The summed E-state index contributed by atoms with van der Waals surface area (Å²) in [5.74, 6) is 1.41. The van der Waals surface area contributed by atoms with Crippen LogP contribution in [0.4, 0.5) is 4.79 Å². The molecule has 9 heteroatoms. The van der Waals surface area contributed by atoms with E-state index in [1.54, 1.807) is 17.0 Å². The molecule has 1 heterocycles. The summed E-state index contributed by atoms with van der Waals surface area (Å²) in [5.41, 5.74) is 0. The van der Waals surface area contributed by atoms with Crippen molar-refractivity contribution in [1.82, 2.24) is 15.5 Å². The van der Waals surface area contributed by atoms with E-state index in [2.05, 4.69) is 10.6 Å². The van der Waals surface area contributed by atoms with E-state index in [1.165, 1.54) is 0 Å². The van der Waals surface area contributed by atoms with Crippen LogP contribution in [-0.2, 0) is 9.47 Å². The molecule has 0 aromatic heterocycles. The van der Waals surface area contributed by atoms with E-state index in [0.29, 0.717) is 71.5 Å². The Labute approximate surface area is 172 Å². The van der Waals surface area contributed by atoms with Gasteiger partial charge in [-0.05, 0) is 31.2 Å². The minimum absolute atomic E-state index is 0.0794. The third kappa shape index (κ3) is 9.80. The Morgan fingerprint density at radius 3 is 2.52 bits per heavy atom. The number of aliphatic hydroxyl groups excluding tert-OH is 1. The first-order valence-electron chi connectivity index (χ1n) is 10.1. The van der Waals surface area contributed by atoms with Crippen LogP contribution in [-0.4, -0.2) is 94.5 Å². The number of hydrogen-bond donors (Lipinski definition) is 3. The van der Waals surface area contributed by atoms with Gasteiger partial charge in [-0.15, -0.1) is 0 Å². The first-order valence-corrected chi connectivity index (χ1v) is 10.1. The maximum Gasteiger partial charge on any atom is 0.317 e. The van der Waals surface area contributed by atoms with E-state index < -0.39 is 6.10 Å². The summed E-state index contributed by atoms with van der Waals surface area (Å²) >= 11 is 0. The standard InChI is InChI=1S/C20H33N3O6/c1-2-26-13-14-28-18-3-5-19(6-4-18)29-16-17(24)15-21-7-8-22-20(25)23-9-11-27-12-10-23/h3-6,17,21,24H,2,7-16H2,1H3,(H,22,25). The molecular formula is C20H33N3O6. The molecule has 2 rings (SSSR count). The lowest BCUT2D eigenvalue weighted by Crippen LogP contribution is -2.47. The average Bonchev–Trinajstić information content (AvgIpc) is 2.76. The number of carbonyl (C=O) groups excluding carboxylic acids is 1. The van der Waals surface area contributed by atoms with Crippen LogP contribution in [0.15, 0.2) is 24.3 Å². The van der Waals surface area contributed by atoms with Crippen LogP contribution in [0.2, 0.25) is 0 Å². The fourth-order valence-corrected chi connectivity index (χ4v) is 2.65. The molecule has 1 saturated heterocycles. The molecular weight excluding hydrogens is 378 g/mol. The van der Waals surface area contributed by atoms with Crippen molar-refractivity contribution in [3.05, 3.63) is 24.3 Å². The number of nitrogens with one attached hydrogen (secondary N) is 2. The lowest BCUT2D eigenvalue weighted by Gasteiger charge is -2.27. The predicted molar refractivity (Wildman–Crippen MR) is 109 cm³/mol. The molecule has 0 radical (unpaired) electrons. The molecule has 9 nitrogen and oxygen atoms in total. The topological polar surface area (TPSA) is 102 Å². The van der Waals surface area contributed by atoms with E-state index in [9.17, 15) is 9.90 Å². The Balaban J connectivity index is 1.50. The molecule has 1 unspecified atom stereocenters. The summed E-state index contributed by atoms with van der Waals surface area (Å²) in [5, 5.41) is 16.0. The normalized spacial score (nSPS) is 15.0. The van der Waals surface area contributed by atoms with E-state index in [4.69, 9.17) is 18.9 Å². The number of ether oxygens (including phenoxy) is 4. The van der Waals surface area contributed by atoms with Crippen LogP contribution >= 0.6 is 0 Å². The minimum Gasteiger partial charge on any atom is -0.491 e. The van der Waals surface area contributed by atoms with Gasteiger partial charge >= 0.3 is 6.03 Å². The third-order valence-corrected chi connectivity index (χ3v) is 4.22. The van der Waals surface area contributed by atoms with Crippen LogP contribution in [0.3, 0.4) is 0 Å². The van der Waals surface area contributed by atoms with Gasteiger partial charge in [0.2, 0.25) is 0 Å². The lowest BCUT2D eigenvalue weighted by atomic mass is 10.3. The number of aliphatic hydroxyl groups is 1. The van der Waals surface area contributed by atoms with Gasteiger partial charge in [0.25, 0.3) is 0 Å².